The van der Waals surface area contributed by atoms with Gasteiger partial charge in [-0.15, -0.1) is 0 Å². The van der Waals surface area contributed by atoms with Gasteiger partial charge in [-0.2, -0.15) is 0 Å². The zero-order chi connectivity index (χ0) is 11.5. The standard InChI is InChI=1S/C14H22O2/c1-3-12-10-7-8-11(9-10)13(12)5-4-6-14(15)16-2/h7-8,10-13H,3-6,9H2,1-2H3. The first kappa shape index (κ1) is 11.7. The number of hydrogen-bond donors (Lipinski definition) is 0. The van der Waals surface area contributed by atoms with E-state index in [-0.39, 0.29) is 5.97 Å². The van der Waals surface area contributed by atoms with Gasteiger partial charge in [0.05, 0.1) is 7.11 Å². The Hall–Kier alpha value is -0.790. The lowest BCUT2D eigenvalue weighted by Gasteiger charge is -2.26. The third-order valence-corrected chi connectivity index (χ3v) is 4.42. The van der Waals surface area contributed by atoms with Gasteiger partial charge in [-0.25, -0.2) is 0 Å². The second-order valence-electron chi connectivity index (χ2n) is 5.15. The van der Waals surface area contributed by atoms with Gasteiger partial charge in [0.15, 0.2) is 0 Å². The predicted octanol–water partition coefficient (Wildman–Crippen LogP) is 3.18. The Balaban J connectivity index is 1.81. The molecule has 2 rings (SSSR count). The fourth-order valence-corrected chi connectivity index (χ4v) is 3.64. The molecule has 0 N–H and O–H groups in total. The molecular formula is C14H22O2. The maximum absolute atomic E-state index is 11.1. The summed E-state index contributed by atoms with van der Waals surface area (Å²) in [5.74, 6) is 3.26. The summed E-state index contributed by atoms with van der Waals surface area (Å²) < 4.78 is 4.68. The smallest absolute Gasteiger partial charge is 0.305 e. The van der Waals surface area contributed by atoms with Crippen molar-refractivity contribution < 1.29 is 9.53 Å². The van der Waals surface area contributed by atoms with Crippen LogP contribution in [0.1, 0.15) is 39.0 Å². The number of carbonyl (C=O) groups excluding carboxylic acids is 1. The summed E-state index contributed by atoms with van der Waals surface area (Å²) in [5, 5.41) is 0. The van der Waals surface area contributed by atoms with Crippen molar-refractivity contribution in [3.63, 3.8) is 0 Å². The van der Waals surface area contributed by atoms with Crippen LogP contribution in [0.15, 0.2) is 12.2 Å². The van der Waals surface area contributed by atoms with Gasteiger partial charge in [-0.05, 0) is 42.9 Å². The molecule has 0 heterocycles. The molecule has 0 saturated heterocycles. The maximum Gasteiger partial charge on any atom is 0.305 e. The van der Waals surface area contributed by atoms with Crippen molar-refractivity contribution in [2.75, 3.05) is 7.11 Å². The highest BCUT2D eigenvalue weighted by molar-refractivity contribution is 5.68. The predicted molar refractivity (Wildman–Crippen MR) is 63.9 cm³/mol. The monoisotopic (exact) mass is 222 g/mol. The third kappa shape index (κ3) is 2.16. The number of methoxy groups -OCH3 is 1. The molecule has 2 heteroatoms. The molecule has 2 bridgehead atoms. The lowest BCUT2D eigenvalue weighted by Crippen LogP contribution is -2.19. The Bertz CT molecular complexity index is 282. The van der Waals surface area contributed by atoms with Crippen molar-refractivity contribution in [3.8, 4) is 0 Å². The highest BCUT2D eigenvalue weighted by atomic mass is 16.5. The number of allylic oxidation sites excluding steroid dienone is 2. The molecule has 90 valence electrons. The van der Waals surface area contributed by atoms with Crippen molar-refractivity contribution in [2.45, 2.75) is 39.0 Å². The zero-order valence-electron chi connectivity index (χ0n) is 10.3. The number of carbonyl (C=O) groups is 1. The van der Waals surface area contributed by atoms with E-state index >= 15 is 0 Å². The number of esters is 1. The van der Waals surface area contributed by atoms with Crippen LogP contribution in [-0.4, -0.2) is 13.1 Å². The minimum atomic E-state index is -0.0632. The molecule has 0 amide bonds. The van der Waals surface area contributed by atoms with E-state index in [1.807, 2.05) is 0 Å². The summed E-state index contributed by atoms with van der Waals surface area (Å²) in [6.45, 7) is 2.30. The van der Waals surface area contributed by atoms with Crippen LogP contribution >= 0.6 is 0 Å². The van der Waals surface area contributed by atoms with Crippen LogP contribution in [0, 0.1) is 23.7 Å². The number of ether oxygens (including phenoxy) is 1. The van der Waals surface area contributed by atoms with Gasteiger partial charge in [0, 0.05) is 6.42 Å². The first-order chi connectivity index (χ1) is 7.76. The van der Waals surface area contributed by atoms with Gasteiger partial charge in [0.1, 0.15) is 0 Å². The minimum Gasteiger partial charge on any atom is -0.469 e. The van der Waals surface area contributed by atoms with Gasteiger partial charge >= 0.3 is 5.97 Å². The second kappa shape index (κ2) is 5.03. The minimum absolute atomic E-state index is 0.0632. The summed E-state index contributed by atoms with van der Waals surface area (Å²) in [6.07, 6.45) is 10.2. The van der Waals surface area contributed by atoms with E-state index in [0.717, 1.165) is 30.1 Å². The van der Waals surface area contributed by atoms with Gasteiger partial charge in [-0.3, -0.25) is 4.79 Å². The summed E-state index contributed by atoms with van der Waals surface area (Å²) in [5.41, 5.74) is 0. The molecule has 0 aromatic rings. The summed E-state index contributed by atoms with van der Waals surface area (Å²) in [6, 6.07) is 0. The van der Waals surface area contributed by atoms with Crippen LogP contribution in [-0.2, 0) is 9.53 Å². The van der Waals surface area contributed by atoms with Gasteiger partial charge in [0.2, 0.25) is 0 Å². The Morgan fingerprint density at radius 2 is 2.00 bits per heavy atom. The SMILES string of the molecule is CCC1C2C=CC(C2)C1CCCC(=O)OC. The van der Waals surface area contributed by atoms with Crippen molar-refractivity contribution in [1.82, 2.24) is 0 Å². The van der Waals surface area contributed by atoms with E-state index in [0.29, 0.717) is 6.42 Å². The van der Waals surface area contributed by atoms with E-state index in [4.69, 9.17) is 0 Å². The normalized spacial score (nSPS) is 35.6. The van der Waals surface area contributed by atoms with Crippen LogP contribution in [0.3, 0.4) is 0 Å². The van der Waals surface area contributed by atoms with E-state index < -0.39 is 0 Å². The molecule has 1 saturated carbocycles. The lowest BCUT2D eigenvalue weighted by atomic mass is 9.78. The van der Waals surface area contributed by atoms with E-state index in [9.17, 15) is 4.79 Å². The second-order valence-corrected chi connectivity index (χ2v) is 5.15. The number of hydrogen-bond acceptors (Lipinski definition) is 2. The quantitative estimate of drug-likeness (QED) is 0.527. The first-order valence-corrected chi connectivity index (χ1v) is 6.51. The van der Waals surface area contributed by atoms with E-state index in [1.165, 1.54) is 26.4 Å². The highest BCUT2D eigenvalue weighted by Crippen LogP contribution is 2.51. The summed E-state index contributed by atoms with van der Waals surface area (Å²) in [7, 11) is 1.47. The van der Waals surface area contributed by atoms with E-state index in [2.05, 4.69) is 23.8 Å². The van der Waals surface area contributed by atoms with Gasteiger partial charge < -0.3 is 4.74 Å². The van der Waals surface area contributed by atoms with Gasteiger partial charge in [0.25, 0.3) is 0 Å². The molecular weight excluding hydrogens is 200 g/mol. The summed E-state index contributed by atoms with van der Waals surface area (Å²) >= 11 is 0. The Kier molecular flexibility index (Phi) is 3.67. The molecule has 16 heavy (non-hydrogen) atoms. The molecule has 0 aromatic heterocycles. The topological polar surface area (TPSA) is 26.3 Å². The molecule has 2 aliphatic rings. The molecule has 0 aromatic carbocycles. The average molecular weight is 222 g/mol. The van der Waals surface area contributed by atoms with E-state index in [1.54, 1.807) is 0 Å². The molecule has 0 spiro atoms. The Morgan fingerprint density at radius 1 is 1.31 bits per heavy atom. The zero-order valence-corrected chi connectivity index (χ0v) is 10.3. The molecule has 0 aliphatic heterocycles. The molecule has 4 unspecified atom stereocenters. The third-order valence-electron chi connectivity index (χ3n) is 4.42. The van der Waals surface area contributed by atoms with Gasteiger partial charge in [-0.1, -0.05) is 25.5 Å². The van der Waals surface area contributed by atoms with Crippen LogP contribution in [0.25, 0.3) is 0 Å². The van der Waals surface area contributed by atoms with Crippen LogP contribution in [0.5, 0.6) is 0 Å². The number of fused-ring (bicyclic) bond motifs is 2. The van der Waals surface area contributed by atoms with Crippen molar-refractivity contribution in [1.29, 1.82) is 0 Å². The van der Waals surface area contributed by atoms with Crippen molar-refractivity contribution in [3.05, 3.63) is 12.2 Å². The molecule has 0 radical (unpaired) electrons. The van der Waals surface area contributed by atoms with Crippen molar-refractivity contribution in [2.24, 2.45) is 23.7 Å². The fourth-order valence-electron chi connectivity index (χ4n) is 3.64. The molecule has 4 atom stereocenters. The Labute approximate surface area is 98.1 Å². The van der Waals surface area contributed by atoms with Crippen LogP contribution in [0.4, 0.5) is 0 Å². The highest BCUT2D eigenvalue weighted by Gasteiger charge is 2.42. The van der Waals surface area contributed by atoms with Crippen LogP contribution < -0.4 is 0 Å². The molecule has 1 fully saturated rings. The van der Waals surface area contributed by atoms with Crippen molar-refractivity contribution >= 4 is 5.97 Å². The maximum atomic E-state index is 11.1. The molecule has 2 nitrogen and oxygen atoms in total. The summed E-state index contributed by atoms with van der Waals surface area (Å²) in [4.78, 5) is 11.1. The molecule has 2 aliphatic carbocycles. The number of rotatable bonds is 5. The van der Waals surface area contributed by atoms with Crippen LogP contribution in [0.2, 0.25) is 0 Å². The average Bonchev–Trinajstić information content (AvgIpc) is 2.88. The first-order valence-electron chi connectivity index (χ1n) is 6.51. The fraction of sp³-hybridized carbons (Fsp3) is 0.786. The Morgan fingerprint density at radius 3 is 2.62 bits per heavy atom. The largest absolute Gasteiger partial charge is 0.469 e. The lowest BCUT2D eigenvalue weighted by molar-refractivity contribution is -0.140.